The molecule has 0 unspecified atom stereocenters. The van der Waals surface area contributed by atoms with Crippen molar-refractivity contribution >= 4 is 27.3 Å². The summed E-state index contributed by atoms with van der Waals surface area (Å²) >= 11 is 1.56. The van der Waals surface area contributed by atoms with Gasteiger partial charge in [0.15, 0.2) is 0 Å². The number of aromatic nitrogens is 1. The van der Waals surface area contributed by atoms with E-state index < -0.39 is 10.0 Å². The third-order valence-electron chi connectivity index (χ3n) is 3.85. The highest BCUT2D eigenvalue weighted by Gasteiger charge is 2.09. The first-order valence-electron chi connectivity index (χ1n) is 8.35. The second kappa shape index (κ2) is 8.51. The SMILES string of the molecule is Cc1nc(COc2cccc(C(=O)NCc3ccc(S(N)(=O)=O)cc3)c2)cs1. The number of nitrogens with two attached hydrogens (primary N) is 1. The van der Waals surface area contributed by atoms with Crippen LogP contribution in [0, 0.1) is 6.92 Å². The Morgan fingerprint density at radius 1 is 1.21 bits per heavy atom. The number of hydrogen-bond acceptors (Lipinski definition) is 6. The number of thiazole rings is 1. The molecule has 146 valence electrons. The average Bonchev–Trinajstić information content (AvgIpc) is 3.09. The number of ether oxygens (including phenoxy) is 1. The number of amides is 1. The predicted molar refractivity (Wildman–Crippen MR) is 107 cm³/mol. The zero-order valence-electron chi connectivity index (χ0n) is 15.1. The van der Waals surface area contributed by atoms with Crippen molar-refractivity contribution in [1.82, 2.24) is 10.3 Å². The first-order chi connectivity index (χ1) is 13.3. The standard InChI is InChI=1S/C19H19N3O4S2/c1-13-22-16(12-27-13)11-26-17-4-2-3-15(9-17)19(23)21-10-14-5-7-18(8-6-14)28(20,24)25/h2-9,12H,10-11H2,1H3,(H,21,23)(H2,20,24,25). The Kier molecular flexibility index (Phi) is 6.08. The Morgan fingerprint density at radius 2 is 1.96 bits per heavy atom. The van der Waals surface area contributed by atoms with Crippen molar-refractivity contribution in [1.29, 1.82) is 0 Å². The molecule has 9 heteroatoms. The Morgan fingerprint density at radius 3 is 2.61 bits per heavy atom. The highest BCUT2D eigenvalue weighted by Crippen LogP contribution is 2.16. The van der Waals surface area contributed by atoms with Gasteiger partial charge >= 0.3 is 0 Å². The molecule has 0 fully saturated rings. The molecule has 7 nitrogen and oxygen atoms in total. The lowest BCUT2D eigenvalue weighted by Gasteiger charge is -2.08. The van der Waals surface area contributed by atoms with E-state index in [-0.39, 0.29) is 17.3 Å². The van der Waals surface area contributed by atoms with E-state index in [1.54, 1.807) is 47.7 Å². The summed E-state index contributed by atoms with van der Waals surface area (Å²) in [6.07, 6.45) is 0. The number of carbonyl (C=O) groups excluding carboxylic acids is 1. The summed E-state index contributed by atoms with van der Waals surface area (Å²) in [7, 11) is -3.73. The lowest BCUT2D eigenvalue weighted by molar-refractivity contribution is 0.0950. The number of nitrogens with zero attached hydrogens (tertiary/aromatic N) is 1. The number of hydrogen-bond donors (Lipinski definition) is 2. The van der Waals surface area contributed by atoms with Gasteiger partial charge in [0.2, 0.25) is 10.0 Å². The minimum absolute atomic E-state index is 0.0303. The predicted octanol–water partition coefficient (Wildman–Crippen LogP) is 2.61. The maximum absolute atomic E-state index is 12.4. The zero-order valence-corrected chi connectivity index (χ0v) is 16.7. The number of carbonyl (C=O) groups is 1. The molecule has 3 N–H and O–H groups in total. The van der Waals surface area contributed by atoms with E-state index in [9.17, 15) is 13.2 Å². The molecule has 0 atom stereocenters. The van der Waals surface area contributed by atoms with Gasteiger partial charge in [-0.3, -0.25) is 4.79 Å². The molecule has 0 spiro atoms. The largest absolute Gasteiger partial charge is 0.487 e. The first kappa shape index (κ1) is 20.0. The van der Waals surface area contributed by atoms with Crippen molar-refractivity contribution in [3.8, 4) is 5.75 Å². The fourth-order valence-corrected chi connectivity index (χ4v) is 3.55. The number of rotatable bonds is 7. The molecule has 28 heavy (non-hydrogen) atoms. The molecule has 2 aromatic carbocycles. The topological polar surface area (TPSA) is 111 Å². The van der Waals surface area contributed by atoms with Crippen molar-refractivity contribution in [2.75, 3.05) is 0 Å². The van der Waals surface area contributed by atoms with Crippen LogP contribution in [-0.4, -0.2) is 19.3 Å². The number of primary sulfonamides is 1. The van der Waals surface area contributed by atoms with Crippen LogP contribution in [0.2, 0.25) is 0 Å². The van der Waals surface area contributed by atoms with Gasteiger partial charge in [-0.15, -0.1) is 11.3 Å². The lowest BCUT2D eigenvalue weighted by atomic mass is 10.2. The normalized spacial score (nSPS) is 11.2. The number of aryl methyl sites for hydroxylation is 1. The summed E-state index contributed by atoms with van der Waals surface area (Å²) in [5.41, 5.74) is 2.07. The van der Waals surface area contributed by atoms with Gasteiger partial charge in [-0.05, 0) is 42.8 Å². The van der Waals surface area contributed by atoms with Gasteiger partial charge in [0.25, 0.3) is 5.91 Å². The van der Waals surface area contributed by atoms with Gasteiger partial charge < -0.3 is 10.1 Å². The second-order valence-corrected chi connectivity index (χ2v) is 8.67. The summed E-state index contributed by atoms with van der Waals surface area (Å²) in [6.45, 7) is 2.53. The highest BCUT2D eigenvalue weighted by atomic mass is 32.2. The van der Waals surface area contributed by atoms with E-state index in [0.29, 0.717) is 17.9 Å². The number of nitrogens with one attached hydrogen (secondary N) is 1. The molecule has 0 bridgehead atoms. The summed E-state index contributed by atoms with van der Waals surface area (Å²) in [5, 5.41) is 10.8. The average molecular weight is 418 g/mol. The summed E-state index contributed by atoms with van der Waals surface area (Å²) < 4.78 is 28.2. The maximum atomic E-state index is 12.4. The van der Waals surface area contributed by atoms with Gasteiger partial charge in [-0.2, -0.15) is 0 Å². The van der Waals surface area contributed by atoms with Crippen LogP contribution >= 0.6 is 11.3 Å². The monoisotopic (exact) mass is 417 g/mol. The third kappa shape index (κ3) is 5.38. The number of benzene rings is 2. The van der Waals surface area contributed by atoms with Crippen LogP contribution in [0.4, 0.5) is 0 Å². The fraction of sp³-hybridized carbons (Fsp3) is 0.158. The van der Waals surface area contributed by atoms with Crippen molar-refractivity contribution < 1.29 is 17.9 Å². The van der Waals surface area contributed by atoms with E-state index in [1.807, 2.05) is 12.3 Å². The number of sulfonamides is 1. The minimum atomic E-state index is -3.73. The minimum Gasteiger partial charge on any atom is -0.487 e. The van der Waals surface area contributed by atoms with Gasteiger partial charge in [0.1, 0.15) is 12.4 Å². The Balaban J connectivity index is 1.58. The molecule has 0 aliphatic heterocycles. The van der Waals surface area contributed by atoms with Crippen LogP contribution in [0.3, 0.4) is 0 Å². The van der Waals surface area contributed by atoms with E-state index in [4.69, 9.17) is 9.88 Å². The second-order valence-electron chi connectivity index (χ2n) is 6.05. The van der Waals surface area contributed by atoms with E-state index in [2.05, 4.69) is 10.3 Å². The van der Waals surface area contributed by atoms with E-state index >= 15 is 0 Å². The molecule has 3 rings (SSSR count). The molecule has 1 amide bonds. The molecule has 1 heterocycles. The fourth-order valence-electron chi connectivity index (χ4n) is 2.44. The summed E-state index contributed by atoms with van der Waals surface area (Å²) in [5.74, 6) is 0.321. The summed E-state index contributed by atoms with van der Waals surface area (Å²) in [6, 6.07) is 12.9. The van der Waals surface area contributed by atoms with Crippen LogP contribution in [0.5, 0.6) is 5.75 Å². The molecule has 0 radical (unpaired) electrons. The molecule has 0 saturated carbocycles. The first-order valence-corrected chi connectivity index (χ1v) is 10.8. The van der Waals surface area contributed by atoms with Crippen molar-refractivity contribution in [2.24, 2.45) is 5.14 Å². The Labute approximate surface area is 167 Å². The quantitative estimate of drug-likeness (QED) is 0.614. The molecule has 0 aliphatic rings. The molecule has 1 aromatic heterocycles. The maximum Gasteiger partial charge on any atom is 0.251 e. The molecular formula is C19H19N3O4S2. The van der Waals surface area contributed by atoms with Crippen LogP contribution in [0.15, 0.2) is 58.8 Å². The van der Waals surface area contributed by atoms with E-state index in [0.717, 1.165) is 16.3 Å². The summed E-state index contributed by atoms with van der Waals surface area (Å²) in [4.78, 5) is 16.7. The van der Waals surface area contributed by atoms with Crippen molar-refractivity contribution in [3.63, 3.8) is 0 Å². The van der Waals surface area contributed by atoms with Crippen LogP contribution < -0.4 is 15.2 Å². The molecule has 0 saturated heterocycles. The molecule has 3 aromatic rings. The lowest BCUT2D eigenvalue weighted by Crippen LogP contribution is -2.22. The highest BCUT2D eigenvalue weighted by molar-refractivity contribution is 7.89. The van der Waals surface area contributed by atoms with E-state index in [1.165, 1.54) is 12.1 Å². The Bertz CT molecular complexity index is 1080. The third-order valence-corrected chi connectivity index (χ3v) is 5.61. The van der Waals surface area contributed by atoms with Gasteiger partial charge in [0.05, 0.1) is 15.6 Å². The van der Waals surface area contributed by atoms with Gasteiger partial charge in [-0.25, -0.2) is 18.5 Å². The van der Waals surface area contributed by atoms with Crippen molar-refractivity contribution in [2.45, 2.75) is 25.0 Å². The van der Waals surface area contributed by atoms with Crippen LogP contribution in [-0.2, 0) is 23.2 Å². The zero-order chi connectivity index (χ0) is 20.1. The van der Waals surface area contributed by atoms with Crippen LogP contribution in [0.1, 0.15) is 26.6 Å². The Hall–Kier alpha value is -2.75. The van der Waals surface area contributed by atoms with Gasteiger partial charge in [0, 0.05) is 17.5 Å². The molecule has 0 aliphatic carbocycles. The van der Waals surface area contributed by atoms with Crippen molar-refractivity contribution in [3.05, 3.63) is 75.7 Å². The van der Waals surface area contributed by atoms with Crippen LogP contribution in [0.25, 0.3) is 0 Å². The molecular weight excluding hydrogens is 398 g/mol. The smallest absolute Gasteiger partial charge is 0.251 e. The van der Waals surface area contributed by atoms with Gasteiger partial charge in [-0.1, -0.05) is 18.2 Å².